The van der Waals surface area contributed by atoms with Gasteiger partial charge in [-0.25, -0.2) is 4.98 Å². The fourth-order valence-electron chi connectivity index (χ4n) is 5.17. The number of carbonyl (C=O) groups is 2. The fraction of sp³-hybridized carbons (Fsp3) is 0.419. The van der Waals surface area contributed by atoms with E-state index in [1.807, 2.05) is 30.3 Å². The predicted octanol–water partition coefficient (Wildman–Crippen LogP) is 4.70. The molecule has 2 amide bonds. The van der Waals surface area contributed by atoms with Gasteiger partial charge in [0.25, 0.3) is 11.5 Å². The van der Waals surface area contributed by atoms with Gasteiger partial charge in [0, 0.05) is 24.1 Å². The maximum atomic E-state index is 14.0. The third-order valence-corrected chi connectivity index (χ3v) is 7.32. The Bertz CT molecular complexity index is 1360. The number of carbonyl (C=O) groups excluding carboxylic acids is 2. The Morgan fingerprint density at radius 3 is 2.35 bits per heavy atom. The molecule has 3 aromatic rings. The first-order valence-corrected chi connectivity index (χ1v) is 13.8. The molecule has 2 aromatic carbocycles. The minimum Gasteiger partial charge on any atom is -0.497 e. The van der Waals surface area contributed by atoms with E-state index in [2.05, 4.69) is 5.32 Å². The molecule has 2 unspecified atom stereocenters. The van der Waals surface area contributed by atoms with Gasteiger partial charge in [0.2, 0.25) is 5.91 Å². The van der Waals surface area contributed by atoms with Crippen molar-refractivity contribution in [3.05, 3.63) is 81.9 Å². The second-order valence-corrected chi connectivity index (χ2v) is 10.4. The number of rotatable bonds is 11. The molecule has 1 aromatic heterocycles. The summed E-state index contributed by atoms with van der Waals surface area (Å²) in [7, 11) is 1.58. The molecule has 3 N–H and O–H groups in total. The molecule has 1 fully saturated rings. The molecule has 2 atom stereocenters. The zero-order valence-electron chi connectivity index (χ0n) is 23.4. The summed E-state index contributed by atoms with van der Waals surface area (Å²) in [4.78, 5) is 44.6. The molecular formula is C31H38N4O5. The van der Waals surface area contributed by atoms with Crippen LogP contribution < -0.4 is 21.3 Å². The van der Waals surface area contributed by atoms with E-state index < -0.39 is 29.5 Å². The Morgan fingerprint density at radius 1 is 1.05 bits per heavy atom. The second kappa shape index (κ2) is 13.4. The van der Waals surface area contributed by atoms with Gasteiger partial charge in [-0.3, -0.25) is 19.0 Å². The molecule has 1 aliphatic carbocycles. The number of amides is 2. The lowest BCUT2D eigenvalue weighted by molar-refractivity contribution is -0.118. The Balaban J connectivity index is 1.85. The number of nitrogens with one attached hydrogen (secondary N) is 1. The predicted molar refractivity (Wildman–Crippen MR) is 153 cm³/mol. The number of hydrogen-bond donors (Lipinski definition) is 2. The van der Waals surface area contributed by atoms with E-state index in [0.717, 1.165) is 37.7 Å². The summed E-state index contributed by atoms with van der Waals surface area (Å²) in [6.07, 6.45) is 4.16. The quantitative estimate of drug-likeness (QED) is 0.359. The molecule has 1 saturated carbocycles. The van der Waals surface area contributed by atoms with E-state index in [4.69, 9.17) is 20.2 Å². The number of hydrogen-bond acceptors (Lipinski definition) is 6. The van der Waals surface area contributed by atoms with Crippen LogP contribution >= 0.6 is 0 Å². The molecule has 0 aliphatic heterocycles. The van der Waals surface area contributed by atoms with Gasteiger partial charge in [0.05, 0.1) is 13.7 Å². The summed E-state index contributed by atoms with van der Waals surface area (Å²) >= 11 is 0. The molecule has 40 heavy (non-hydrogen) atoms. The van der Waals surface area contributed by atoms with Crippen LogP contribution in [0.1, 0.15) is 86.3 Å². The lowest BCUT2D eigenvalue weighted by atomic mass is 9.95. The van der Waals surface area contributed by atoms with Crippen molar-refractivity contribution < 1.29 is 19.1 Å². The van der Waals surface area contributed by atoms with Gasteiger partial charge in [-0.15, -0.1) is 0 Å². The zero-order chi connectivity index (χ0) is 28.6. The number of nitrogens with two attached hydrogens (primary N) is 1. The largest absolute Gasteiger partial charge is 0.497 e. The molecule has 0 radical (unpaired) electrons. The first-order chi connectivity index (χ1) is 19.3. The lowest BCUT2D eigenvalue weighted by Crippen LogP contribution is -2.42. The third kappa shape index (κ3) is 6.96. The highest BCUT2D eigenvalue weighted by atomic mass is 16.5. The van der Waals surface area contributed by atoms with Gasteiger partial charge in [-0.2, -0.15) is 0 Å². The lowest BCUT2D eigenvalue weighted by Gasteiger charge is -2.27. The van der Waals surface area contributed by atoms with Gasteiger partial charge in [-0.1, -0.05) is 49.6 Å². The van der Waals surface area contributed by atoms with Crippen molar-refractivity contribution in [3.63, 3.8) is 0 Å². The van der Waals surface area contributed by atoms with Crippen LogP contribution in [0, 0.1) is 0 Å². The fourth-order valence-corrected chi connectivity index (χ4v) is 5.17. The molecule has 0 spiro atoms. The molecule has 4 rings (SSSR count). The van der Waals surface area contributed by atoms with E-state index >= 15 is 0 Å². The molecule has 212 valence electrons. The number of aromatic nitrogens is 2. The van der Waals surface area contributed by atoms with Gasteiger partial charge < -0.3 is 20.5 Å². The van der Waals surface area contributed by atoms with Gasteiger partial charge >= 0.3 is 0 Å². The van der Waals surface area contributed by atoms with Crippen LogP contribution in [-0.4, -0.2) is 34.5 Å². The first kappa shape index (κ1) is 29.0. The first-order valence-electron chi connectivity index (χ1n) is 13.8. The molecule has 0 saturated heterocycles. The van der Waals surface area contributed by atoms with Crippen molar-refractivity contribution in [1.82, 2.24) is 14.9 Å². The molecular weight excluding hydrogens is 508 g/mol. The minimum atomic E-state index is -0.688. The summed E-state index contributed by atoms with van der Waals surface area (Å²) in [5, 5.41) is 3.13. The van der Waals surface area contributed by atoms with E-state index in [1.165, 1.54) is 4.57 Å². The summed E-state index contributed by atoms with van der Waals surface area (Å²) in [5.74, 6) is -0.328. The Hall–Kier alpha value is -3.98. The highest BCUT2D eigenvalue weighted by Crippen LogP contribution is 2.29. The topological polar surface area (TPSA) is 126 Å². The zero-order valence-corrected chi connectivity index (χ0v) is 23.4. The van der Waals surface area contributed by atoms with E-state index in [9.17, 15) is 14.4 Å². The van der Waals surface area contributed by atoms with Crippen LogP contribution in [0.2, 0.25) is 0 Å². The second-order valence-electron chi connectivity index (χ2n) is 10.4. The Morgan fingerprint density at radius 2 is 1.73 bits per heavy atom. The van der Waals surface area contributed by atoms with Crippen LogP contribution in [0.5, 0.6) is 5.75 Å². The van der Waals surface area contributed by atoms with E-state index in [-0.39, 0.29) is 30.5 Å². The highest BCUT2D eigenvalue weighted by Gasteiger charge is 2.30. The monoisotopic (exact) mass is 546 g/mol. The maximum absolute atomic E-state index is 14.0. The molecule has 0 bridgehead atoms. The minimum absolute atomic E-state index is 0.00720. The van der Waals surface area contributed by atoms with E-state index in [1.54, 1.807) is 45.2 Å². The number of benzene rings is 2. The van der Waals surface area contributed by atoms with Crippen molar-refractivity contribution in [3.8, 4) is 17.0 Å². The number of nitrogens with zero attached hydrogens (tertiary/aromatic N) is 2. The SMILES string of the molecule is COc1ccc(-c2nc(C(C)OCc3ccccc3)c(=O)n(C(C)CC(N)=O)c2C(=O)NC2CCCCC2)cc1. The Kier molecular flexibility index (Phi) is 9.71. The average molecular weight is 547 g/mol. The highest BCUT2D eigenvalue weighted by molar-refractivity contribution is 5.98. The van der Waals surface area contributed by atoms with Crippen molar-refractivity contribution >= 4 is 11.8 Å². The third-order valence-electron chi connectivity index (χ3n) is 7.32. The summed E-state index contributed by atoms with van der Waals surface area (Å²) in [6, 6.07) is 16.1. The van der Waals surface area contributed by atoms with Crippen LogP contribution in [0.4, 0.5) is 0 Å². The van der Waals surface area contributed by atoms with Gasteiger partial charge in [0.15, 0.2) is 0 Å². The van der Waals surface area contributed by atoms with Gasteiger partial charge in [0.1, 0.15) is 28.9 Å². The number of ether oxygens (including phenoxy) is 2. The smallest absolute Gasteiger partial charge is 0.275 e. The van der Waals surface area contributed by atoms with Crippen molar-refractivity contribution in [1.29, 1.82) is 0 Å². The van der Waals surface area contributed by atoms with Crippen LogP contribution in [0.15, 0.2) is 59.4 Å². The van der Waals surface area contributed by atoms with Crippen molar-refractivity contribution in [2.45, 2.75) is 77.2 Å². The average Bonchev–Trinajstić information content (AvgIpc) is 2.96. The van der Waals surface area contributed by atoms with Crippen LogP contribution in [0.25, 0.3) is 11.3 Å². The number of primary amides is 1. The normalized spacial score (nSPS) is 15.3. The van der Waals surface area contributed by atoms with Crippen LogP contribution in [0.3, 0.4) is 0 Å². The molecule has 1 heterocycles. The van der Waals surface area contributed by atoms with Crippen molar-refractivity contribution in [2.75, 3.05) is 7.11 Å². The van der Waals surface area contributed by atoms with Crippen molar-refractivity contribution in [2.24, 2.45) is 5.73 Å². The summed E-state index contributed by atoms with van der Waals surface area (Å²) in [6.45, 7) is 3.75. The standard InChI is InChI=1S/C31H38N4O5/c1-20(18-26(32)36)35-29(30(37)33-24-12-8-5-9-13-24)28(23-14-16-25(39-3)17-15-23)34-27(31(35)38)21(2)40-19-22-10-6-4-7-11-22/h4,6-7,10-11,14-17,20-21,24H,5,8-9,12-13,18-19H2,1-3H3,(H2,32,36)(H,33,37). The number of methoxy groups -OCH3 is 1. The van der Waals surface area contributed by atoms with Crippen LogP contribution in [-0.2, 0) is 16.1 Å². The molecule has 9 heteroatoms. The maximum Gasteiger partial charge on any atom is 0.275 e. The molecule has 9 nitrogen and oxygen atoms in total. The Labute approximate surface area is 234 Å². The van der Waals surface area contributed by atoms with E-state index in [0.29, 0.717) is 17.0 Å². The molecule has 1 aliphatic rings. The summed E-state index contributed by atoms with van der Waals surface area (Å²) in [5.41, 5.74) is 7.22. The van der Waals surface area contributed by atoms with Gasteiger partial charge in [-0.05, 0) is 56.5 Å². The summed E-state index contributed by atoms with van der Waals surface area (Å²) < 4.78 is 12.8.